The molecule has 0 aromatic heterocycles. The molecule has 0 bridgehead atoms. The summed E-state index contributed by atoms with van der Waals surface area (Å²) in [5, 5.41) is 0. The van der Waals surface area contributed by atoms with Gasteiger partial charge in [0.15, 0.2) is 0 Å². The van der Waals surface area contributed by atoms with Crippen LogP contribution in [0.4, 0.5) is 4.39 Å². The van der Waals surface area contributed by atoms with Gasteiger partial charge in [0.05, 0.1) is 5.56 Å². The number of esters is 1. The standard InChI is InChI=1S/C25H23FO2/c1-3-21-16-25(21,26)22-12-14-23(15-13-22)28-24(27)20-10-8-19(9-11-20)18-6-4-17(2)5-7-18/h4-15,21H,3,16H2,1-2H3/t21-,25+/m1/s1. The number of ether oxygens (including phenoxy) is 1. The van der Waals surface area contributed by atoms with E-state index in [1.807, 2.05) is 19.1 Å². The van der Waals surface area contributed by atoms with E-state index in [1.165, 1.54) is 5.56 Å². The van der Waals surface area contributed by atoms with Gasteiger partial charge >= 0.3 is 5.97 Å². The molecule has 0 N–H and O–H groups in total. The highest BCUT2D eigenvalue weighted by molar-refractivity contribution is 5.91. The van der Waals surface area contributed by atoms with Gasteiger partial charge in [-0.25, -0.2) is 9.18 Å². The summed E-state index contributed by atoms with van der Waals surface area (Å²) in [6.45, 7) is 4.06. The van der Waals surface area contributed by atoms with Crippen LogP contribution in [0.25, 0.3) is 11.1 Å². The van der Waals surface area contributed by atoms with E-state index < -0.39 is 11.6 Å². The minimum absolute atomic E-state index is 0.105. The van der Waals surface area contributed by atoms with Crippen LogP contribution in [0.15, 0.2) is 72.8 Å². The molecule has 0 unspecified atom stereocenters. The third-order valence-corrected chi connectivity index (χ3v) is 5.57. The van der Waals surface area contributed by atoms with E-state index >= 15 is 0 Å². The fourth-order valence-corrected chi connectivity index (χ4v) is 3.63. The van der Waals surface area contributed by atoms with Gasteiger partial charge in [0.1, 0.15) is 11.4 Å². The van der Waals surface area contributed by atoms with Crippen molar-refractivity contribution >= 4 is 5.97 Å². The molecule has 28 heavy (non-hydrogen) atoms. The van der Waals surface area contributed by atoms with Crippen LogP contribution in [0, 0.1) is 12.8 Å². The second kappa shape index (κ2) is 7.23. The third-order valence-electron chi connectivity index (χ3n) is 5.57. The van der Waals surface area contributed by atoms with Crippen LogP contribution in [0.3, 0.4) is 0 Å². The number of carbonyl (C=O) groups is 1. The predicted octanol–water partition coefficient (Wildman–Crippen LogP) is 6.48. The summed E-state index contributed by atoms with van der Waals surface area (Å²) in [5.41, 5.74) is 3.30. The lowest BCUT2D eigenvalue weighted by Gasteiger charge is -2.10. The van der Waals surface area contributed by atoms with Crippen molar-refractivity contribution in [2.45, 2.75) is 32.4 Å². The van der Waals surface area contributed by atoms with Crippen LogP contribution < -0.4 is 4.74 Å². The van der Waals surface area contributed by atoms with E-state index in [4.69, 9.17) is 4.74 Å². The van der Waals surface area contributed by atoms with Crippen molar-refractivity contribution < 1.29 is 13.9 Å². The number of hydrogen-bond donors (Lipinski definition) is 0. The second-order valence-corrected chi connectivity index (χ2v) is 7.53. The van der Waals surface area contributed by atoms with E-state index in [0.717, 1.165) is 17.5 Å². The molecule has 0 saturated heterocycles. The number of aryl methyl sites for hydroxylation is 1. The highest BCUT2D eigenvalue weighted by Crippen LogP contribution is 2.57. The average Bonchev–Trinajstić information content (AvgIpc) is 3.41. The fraction of sp³-hybridized carbons (Fsp3) is 0.240. The Hall–Kier alpha value is -2.94. The molecular weight excluding hydrogens is 351 g/mol. The molecule has 3 aromatic rings. The Labute approximate surface area is 165 Å². The van der Waals surface area contributed by atoms with Crippen molar-refractivity contribution in [2.75, 3.05) is 0 Å². The van der Waals surface area contributed by atoms with Crippen molar-refractivity contribution in [2.24, 2.45) is 5.92 Å². The number of halogens is 1. The molecule has 1 aliphatic rings. The van der Waals surface area contributed by atoms with Crippen LogP contribution in [-0.2, 0) is 5.67 Å². The molecule has 0 spiro atoms. The van der Waals surface area contributed by atoms with Gasteiger partial charge in [-0.15, -0.1) is 0 Å². The van der Waals surface area contributed by atoms with Gasteiger partial charge in [-0.05, 0) is 60.7 Å². The maximum absolute atomic E-state index is 14.6. The van der Waals surface area contributed by atoms with Gasteiger partial charge in [0.2, 0.25) is 0 Å². The lowest BCUT2D eigenvalue weighted by Crippen LogP contribution is -2.09. The maximum atomic E-state index is 14.6. The largest absolute Gasteiger partial charge is 0.423 e. The van der Waals surface area contributed by atoms with Gasteiger partial charge in [-0.1, -0.05) is 61.0 Å². The molecule has 3 aromatic carbocycles. The highest BCUT2D eigenvalue weighted by atomic mass is 19.1. The summed E-state index contributed by atoms with van der Waals surface area (Å²) in [6, 6.07) is 22.4. The zero-order valence-electron chi connectivity index (χ0n) is 16.1. The van der Waals surface area contributed by atoms with E-state index in [9.17, 15) is 9.18 Å². The predicted molar refractivity (Wildman–Crippen MR) is 109 cm³/mol. The molecule has 0 amide bonds. The monoisotopic (exact) mass is 374 g/mol. The fourth-order valence-electron chi connectivity index (χ4n) is 3.63. The Morgan fingerprint density at radius 1 is 0.964 bits per heavy atom. The molecule has 3 heteroatoms. The molecule has 0 radical (unpaired) electrons. The molecule has 142 valence electrons. The van der Waals surface area contributed by atoms with Gasteiger partial charge in [-0.3, -0.25) is 0 Å². The molecule has 1 fully saturated rings. The summed E-state index contributed by atoms with van der Waals surface area (Å²) in [7, 11) is 0. The Kier molecular flexibility index (Phi) is 4.76. The van der Waals surface area contributed by atoms with E-state index in [2.05, 4.69) is 31.2 Å². The van der Waals surface area contributed by atoms with Crippen LogP contribution in [0.1, 0.15) is 41.3 Å². The summed E-state index contributed by atoms with van der Waals surface area (Å²) in [5.74, 6) is 0.109. The number of carbonyl (C=O) groups excluding carboxylic acids is 1. The normalized spacial score (nSPS) is 20.6. The Bertz CT molecular complexity index is 975. The zero-order chi connectivity index (χ0) is 19.7. The third kappa shape index (κ3) is 3.57. The first-order valence-electron chi connectivity index (χ1n) is 9.68. The van der Waals surface area contributed by atoms with Crippen LogP contribution in [-0.4, -0.2) is 5.97 Å². The zero-order valence-corrected chi connectivity index (χ0v) is 16.1. The maximum Gasteiger partial charge on any atom is 0.343 e. The summed E-state index contributed by atoms with van der Waals surface area (Å²) < 4.78 is 20.1. The van der Waals surface area contributed by atoms with Gasteiger partial charge in [0.25, 0.3) is 0 Å². The lowest BCUT2D eigenvalue weighted by atomic mass is 10.0. The van der Waals surface area contributed by atoms with Crippen LogP contribution in [0.2, 0.25) is 0 Å². The van der Waals surface area contributed by atoms with Gasteiger partial charge in [-0.2, -0.15) is 0 Å². The summed E-state index contributed by atoms with van der Waals surface area (Å²) in [4.78, 5) is 12.4. The van der Waals surface area contributed by atoms with Crippen LogP contribution >= 0.6 is 0 Å². The molecular formula is C25H23FO2. The topological polar surface area (TPSA) is 26.3 Å². The Morgan fingerprint density at radius 2 is 1.54 bits per heavy atom. The average molecular weight is 374 g/mol. The van der Waals surface area contributed by atoms with Crippen molar-refractivity contribution in [3.63, 3.8) is 0 Å². The minimum atomic E-state index is -1.21. The first-order chi connectivity index (χ1) is 13.5. The first kappa shape index (κ1) is 18.4. The lowest BCUT2D eigenvalue weighted by molar-refractivity contribution is 0.0734. The Balaban J connectivity index is 1.43. The smallest absolute Gasteiger partial charge is 0.343 e. The van der Waals surface area contributed by atoms with Crippen molar-refractivity contribution in [3.8, 4) is 16.9 Å². The molecule has 2 nitrogen and oxygen atoms in total. The second-order valence-electron chi connectivity index (χ2n) is 7.53. The van der Waals surface area contributed by atoms with Crippen molar-refractivity contribution in [1.82, 2.24) is 0 Å². The minimum Gasteiger partial charge on any atom is -0.423 e. The summed E-state index contributed by atoms with van der Waals surface area (Å²) in [6.07, 6.45) is 1.42. The molecule has 2 atom stereocenters. The molecule has 0 heterocycles. The number of rotatable bonds is 5. The van der Waals surface area contributed by atoms with Gasteiger partial charge in [0, 0.05) is 5.92 Å². The summed E-state index contributed by atoms with van der Waals surface area (Å²) >= 11 is 0. The first-order valence-corrected chi connectivity index (χ1v) is 9.68. The quantitative estimate of drug-likeness (QED) is 0.377. The van der Waals surface area contributed by atoms with Gasteiger partial charge < -0.3 is 4.74 Å². The number of alkyl halides is 1. The molecule has 1 aliphatic carbocycles. The van der Waals surface area contributed by atoms with E-state index in [-0.39, 0.29) is 5.92 Å². The van der Waals surface area contributed by atoms with E-state index in [1.54, 1.807) is 36.4 Å². The Morgan fingerprint density at radius 3 is 2.07 bits per heavy atom. The highest BCUT2D eigenvalue weighted by Gasteiger charge is 2.55. The number of benzene rings is 3. The van der Waals surface area contributed by atoms with Crippen LogP contribution in [0.5, 0.6) is 5.75 Å². The molecule has 4 rings (SSSR count). The van der Waals surface area contributed by atoms with Crippen molar-refractivity contribution in [1.29, 1.82) is 0 Å². The molecule has 0 aliphatic heterocycles. The van der Waals surface area contributed by atoms with Crippen molar-refractivity contribution in [3.05, 3.63) is 89.5 Å². The molecule has 1 saturated carbocycles. The number of hydrogen-bond acceptors (Lipinski definition) is 2. The van der Waals surface area contributed by atoms with E-state index in [0.29, 0.717) is 23.3 Å². The SMILES string of the molecule is CC[C@@H]1C[C@@]1(F)c1ccc(OC(=O)c2ccc(-c3ccc(C)cc3)cc2)cc1.